The number of benzene rings is 1. The highest BCUT2D eigenvalue weighted by Crippen LogP contribution is 2.18. The number of rotatable bonds is 2. The third-order valence-corrected chi connectivity index (χ3v) is 2.23. The molecule has 1 aromatic rings. The first-order valence-electron chi connectivity index (χ1n) is 4.18. The molecule has 0 unspecified atom stereocenters. The highest BCUT2D eigenvalue weighted by Gasteiger charge is 2.02. The van der Waals surface area contributed by atoms with E-state index in [4.69, 9.17) is 0 Å². The van der Waals surface area contributed by atoms with Gasteiger partial charge in [0, 0.05) is 4.47 Å². The molecule has 0 aliphatic carbocycles. The zero-order chi connectivity index (χ0) is 9.84. The summed E-state index contributed by atoms with van der Waals surface area (Å²) in [6.07, 6.45) is 1.35. The zero-order valence-corrected chi connectivity index (χ0v) is 9.38. The van der Waals surface area contributed by atoms with Gasteiger partial charge in [-0.2, -0.15) is 0 Å². The smallest absolute Gasteiger partial charge is 0.0974 e. The van der Waals surface area contributed by atoms with Crippen LogP contribution in [0.3, 0.4) is 0 Å². The molecule has 0 spiro atoms. The van der Waals surface area contributed by atoms with Gasteiger partial charge in [-0.05, 0) is 31.5 Å². The molecule has 0 aliphatic rings. The van der Waals surface area contributed by atoms with Crippen LogP contribution in [0.1, 0.15) is 25.5 Å². The molecule has 1 nitrogen and oxygen atoms in total. The van der Waals surface area contributed by atoms with E-state index in [1.807, 2.05) is 44.2 Å². The first-order chi connectivity index (χ1) is 6.09. The van der Waals surface area contributed by atoms with Crippen molar-refractivity contribution < 1.29 is 5.11 Å². The molecule has 13 heavy (non-hydrogen) atoms. The summed E-state index contributed by atoms with van der Waals surface area (Å²) in [4.78, 5) is 0. The van der Waals surface area contributed by atoms with Gasteiger partial charge in [0.1, 0.15) is 0 Å². The van der Waals surface area contributed by atoms with Crippen LogP contribution in [0.25, 0.3) is 0 Å². The van der Waals surface area contributed by atoms with Crippen molar-refractivity contribution >= 4 is 15.9 Å². The van der Waals surface area contributed by atoms with Gasteiger partial charge in [-0.15, -0.1) is 0 Å². The van der Waals surface area contributed by atoms with Crippen molar-refractivity contribution in [3.63, 3.8) is 0 Å². The fourth-order valence-corrected chi connectivity index (χ4v) is 1.34. The molecule has 1 aromatic carbocycles. The molecule has 1 N–H and O–H groups in total. The molecule has 0 heterocycles. The van der Waals surface area contributed by atoms with Crippen LogP contribution < -0.4 is 0 Å². The van der Waals surface area contributed by atoms with Crippen LogP contribution in [0.4, 0.5) is 0 Å². The van der Waals surface area contributed by atoms with Crippen LogP contribution in [0.15, 0.2) is 40.4 Å². The maximum Gasteiger partial charge on any atom is 0.0974 e. The molecule has 70 valence electrons. The summed E-state index contributed by atoms with van der Waals surface area (Å²) in [7, 11) is 0. The Morgan fingerprint density at radius 3 is 2.31 bits per heavy atom. The molecule has 0 fully saturated rings. The predicted octanol–water partition coefficient (Wildman–Crippen LogP) is 3.45. The van der Waals surface area contributed by atoms with E-state index >= 15 is 0 Å². The Labute approximate surface area is 87.2 Å². The molecule has 0 bridgehead atoms. The van der Waals surface area contributed by atoms with Gasteiger partial charge in [-0.25, -0.2) is 0 Å². The quantitative estimate of drug-likeness (QED) is 0.786. The Morgan fingerprint density at radius 1 is 1.31 bits per heavy atom. The molecular weight excluding hydrogens is 228 g/mol. The molecular formula is C11H13BrO. The lowest BCUT2D eigenvalue weighted by atomic mass is 10.1. The summed E-state index contributed by atoms with van der Waals surface area (Å²) >= 11 is 3.35. The maximum absolute atomic E-state index is 9.69. The van der Waals surface area contributed by atoms with Crippen molar-refractivity contribution in [1.29, 1.82) is 0 Å². The van der Waals surface area contributed by atoms with Crippen molar-refractivity contribution in [3.05, 3.63) is 46.0 Å². The van der Waals surface area contributed by atoms with E-state index in [-0.39, 0.29) is 0 Å². The summed E-state index contributed by atoms with van der Waals surface area (Å²) in [6.45, 7) is 3.95. The normalized spacial score (nSPS) is 12.3. The largest absolute Gasteiger partial charge is 0.384 e. The van der Waals surface area contributed by atoms with Gasteiger partial charge in [-0.1, -0.05) is 39.7 Å². The van der Waals surface area contributed by atoms with Crippen LogP contribution in [0.5, 0.6) is 0 Å². The van der Waals surface area contributed by atoms with Gasteiger partial charge < -0.3 is 5.11 Å². The van der Waals surface area contributed by atoms with E-state index in [1.54, 1.807) is 0 Å². The van der Waals surface area contributed by atoms with Crippen LogP contribution in [0.2, 0.25) is 0 Å². The Kier molecular flexibility index (Phi) is 3.70. The monoisotopic (exact) mass is 240 g/mol. The standard InChI is InChI=1S/C11H13BrO/c1-8(2)7-11(13)9-3-5-10(12)6-4-9/h3-7,11,13H,1-2H3/t11-/m1/s1. The predicted molar refractivity (Wildman–Crippen MR) is 58.5 cm³/mol. The second-order valence-corrected chi connectivity index (χ2v) is 4.16. The molecule has 0 saturated heterocycles. The summed E-state index contributed by atoms with van der Waals surface area (Å²) in [5.41, 5.74) is 2.04. The Bertz CT molecular complexity index is 296. The van der Waals surface area contributed by atoms with Crippen molar-refractivity contribution in [3.8, 4) is 0 Å². The van der Waals surface area contributed by atoms with Gasteiger partial charge in [0.2, 0.25) is 0 Å². The minimum atomic E-state index is -0.488. The lowest BCUT2D eigenvalue weighted by Gasteiger charge is -2.06. The minimum Gasteiger partial charge on any atom is -0.384 e. The third kappa shape index (κ3) is 3.33. The number of hydrogen-bond donors (Lipinski definition) is 1. The zero-order valence-electron chi connectivity index (χ0n) is 7.79. The Morgan fingerprint density at radius 2 is 1.85 bits per heavy atom. The van der Waals surface area contributed by atoms with Crippen LogP contribution >= 0.6 is 15.9 Å². The topological polar surface area (TPSA) is 20.2 Å². The third-order valence-electron chi connectivity index (χ3n) is 1.70. The van der Waals surface area contributed by atoms with Crippen molar-refractivity contribution in [2.45, 2.75) is 20.0 Å². The van der Waals surface area contributed by atoms with E-state index in [9.17, 15) is 5.11 Å². The summed E-state index contributed by atoms with van der Waals surface area (Å²) in [5.74, 6) is 0. The molecule has 0 aliphatic heterocycles. The van der Waals surface area contributed by atoms with Gasteiger partial charge >= 0.3 is 0 Å². The number of allylic oxidation sites excluding steroid dienone is 1. The van der Waals surface area contributed by atoms with E-state index in [0.717, 1.165) is 15.6 Å². The average Bonchev–Trinajstić information content (AvgIpc) is 2.04. The van der Waals surface area contributed by atoms with Gasteiger partial charge in [0.25, 0.3) is 0 Å². The molecule has 1 rings (SSSR count). The molecule has 0 aromatic heterocycles. The van der Waals surface area contributed by atoms with Crippen LogP contribution in [-0.2, 0) is 0 Å². The fourth-order valence-electron chi connectivity index (χ4n) is 1.07. The van der Waals surface area contributed by atoms with Gasteiger partial charge in [0.05, 0.1) is 6.10 Å². The number of aliphatic hydroxyl groups excluding tert-OH is 1. The van der Waals surface area contributed by atoms with Crippen molar-refractivity contribution in [2.75, 3.05) is 0 Å². The molecule has 0 amide bonds. The van der Waals surface area contributed by atoms with Crippen molar-refractivity contribution in [1.82, 2.24) is 0 Å². The lowest BCUT2D eigenvalue weighted by molar-refractivity contribution is 0.227. The fraction of sp³-hybridized carbons (Fsp3) is 0.273. The van der Waals surface area contributed by atoms with Crippen molar-refractivity contribution in [2.24, 2.45) is 0 Å². The number of aliphatic hydroxyl groups is 1. The number of halogens is 1. The average molecular weight is 241 g/mol. The van der Waals surface area contributed by atoms with Crippen LogP contribution in [0, 0.1) is 0 Å². The highest BCUT2D eigenvalue weighted by atomic mass is 79.9. The van der Waals surface area contributed by atoms with E-state index in [2.05, 4.69) is 15.9 Å². The summed E-state index contributed by atoms with van der Waals surface area (Å²) in [5, 5.41) is 9.69. The molecule has 0 radical (unpaired) electrons. The van der Waals surface area contributed by atoms with E-state index in [0.29, 0.717) is 0 Å². The molecule has 0 saturated carbocycles. The second kappa shape index (κ2) is 4.58. The second-order valence-electron chi connectivity index (χ2n) is 3.24. The van der Waals surface area contributed by atoms with Gasteiger partial charge in [-0.3, -0.25) is 0 Å². The Balaban J connectivity index is 2.83. The Hall–Kier alpha value is -0.600. The van der Waals surface area contributed by atoms with E-state index in [1.165, 1.54) is 0 Å². The minimum absolute atomic E-state index is 0.488. The highest BCUT2D eigenvalue weighted by molar-refractivity contribution is 9.10. The van der Waals surface area contributed by atoms with E-state index < -0.39 is 6.10 Å². The molecule has 2 heteroatoms. The van der Waals surface area contributed by atoms with Gasteiger partial charge in [0.15, 0.2) is 0 Å². The first kappa shape index (κ1) is 10.5. The molecule has 1 atom stereocenters. The maximum atomic E-state index is 9.69. The lowest BCUT2D eigenvalue weighted by Crippen LogP contribution is -1.92. The van der Waals surface area contributed by atoms with Crippen LogP contribution in [-0.4, -0.2) is 5.11 Å². The SMILES string of the molecule is CC(C)=C[C@@H](O)c1ccc(Br)cc1. The summed E-state index contributed by atoms with van der Waals surface area (Å²) < 4.78 is 1.03. The first-order valence-corrected chi connectivity index (χ1v) is 4.97. The summed E-state index contributed by atoms with van der Waals surface area (Å²) in [6, 6.07) is 7.68. The number of hydrogen-bond acceptors (Lipinski definition) is 1.